The molecule has 0 spiro atoms. The molecule has 2 heterocycles. The second kappa shape index (κ2) is 17.0. The Hall–Kier alpha value is -6.64. The van der Waals surface area contributed by atoms with Crippen molar-refractivity contribution in [1.29, 1.82) is 0 Å². The molecular weight excluding hydrogens is 847 g/mol. The van der Waals surface area contributed by atoms with Crippen LogP contribution >= 0.6 is 0 Å². The first-order valence-electron chi connectivity index (χ1n) is 18.9. The van der Waals surface area contributed by atoms with Gasteiger partial charge in [0, 0.05) is 47.0 Å². The highest BCUT2D eigenvalue weighted by Gasteiger charge is 2.31. The van der Waals surface area contributed by atoms with E-state index in [9.17, 15) is 43.2 Å². The highest BCUT2D eigenvalue weighted by Crippen LogP contribution is 2.39. The van der Waals surface area contributed by atoms with Crippen LogP contribution in [0.3, 0.4) is 0 Å². The summed E-state index contributed by atoms with van der Waals surface area (Å²) in [6.07, 6.45) is -3.00. The predicted molar refractivity (Wildman–Crippen MR) is 228 cm³/mol. The molecule has 0 fully saturated rings. The van der Waals surface area contributed by atoms with Gasteiger partial charge in [-0.3, -0.25) is 0 Å². The Morgan fingerprint density at radius 3 is 0.871 bits per heavy atom. The Balaban J connectivity index is 0.000000186. The number of hydrogen-bond donors (Lipinski definition) is 0. The molecule has 0 saturated heterocycles. The molecule has 8 rings (SSSR count). The molecule has 0 bridgehead atoms. The van der Waals surface area contributed by atoms with E-state index >= 15 is 0 Å². The summed E-state index contributed by atoms with van der Waals surface area (Å²) < 4.78 is 133. The van der Waals surface area contributed by atoms with Gasteiger partial charge in [0.15, 0.2) is 0 Å². The van der Waals surface area contributed by atoms with Crippen LogP contribution in [0, 0.1) is 13.8 Å². The number of halogens is 6. The molecule has 6 nitrogen and oxygen atoms in total. The molecule has 316 valence electrons. The van der Waals surface area contributed by atoms with Gasteiger partial charge >= 0.3 is 12.4 Å². The molecule has 0 saturated carbocycles. The number of nitrogens with zero attached hydrogens (tertiary/aromatic N) is 2. The summed E-state index contributed by atoms with van der Waals surface area (Å²) in [4.78, 5) is 0.262. The number of alkyl halides is 6. The van der Waals surface area contributed by atoms with Crippen molar-refractivity contribution in [2.24, 2.45) is 0 Å². The number of aryl methyl sites for hydroxylation is 2. The van der Waals surface area contributed by atoms with E-state index in [1.165, 1.54) is 73.3 Å². The summed E-state index contributed by atoms with van der Waals surface area (Å²) >= 11 is 0. The van der Waals surface area contributed by atoms with Gasteiger partial charge < -0.3 is 0 Å². The topological polar surface area (TPSA) is 78.1 Å². The Morgan fingerprint density at radius 2 is 0.613 bits per heavy atom. The number of hydrogen-bond acceptors (Lipinski definition) is 4. The lowest BCUT2D eigenvalue weighted by Gasteiger charge is -2.08. The molecule has 0 aliphatic carbocycles. The van der Waals surface area contributed by atoms with Crippen LogP contribution in [0.2, 0.25) is 0 Å². The average molecular weight is 883 g/mol. The van der Waals surface area contributed by atoms with Gasteiger partial charge in [-0.2, -0.15) is 26.3 Å². The molecule has 14 heteroatoms. The van der Waals surface area contributed by atoms with Crippen molar-refractivity contribution in [3.8, 4) is 44.5 Å². The minimum absolute atomic E-state index is 0.131. The van der Waals surface area contributed by atoms with Gasteiger partial charge in [0.05, 0.1) is 20.9 Å². The Bertz CT molecular complexity index is 2820. The molecule has 0 unspecified atom stereocenters. The minimum Gasteiger partial charge on any atom is -0.248 e. The fraction of sp³-hybridized carbons (Fsp3) is 0.0833. The summed E-state index contributed by atoms with van der Waals surface area (Å²) in [6, 6.07) is 40.6. The molecule has 2 aromatic heterocycles. The molecule has 0 radical (unpaired) electrons. The van der Waals surface area contributed by atoms with Crippen LogP contribution in [0.1, 0.15) is 22.3 Å². The molecule has 0 N–H and O–H groups in total. The van der Waals surface area contributed by atoms with Crippen LogP contribution in [-0.2, 0) is 32.4 Å². The van der Waals surface area contributed by atoms with Crippen molar-refractivity contribution in [3.05, 3.63) is 205 Å². The summed E-state index contributed by atoms with van der Waals surface area (Å²) in [7, 11) is -7.74. The smallest absolute Gasteiger partial charge is 0.248 e. The molecule has 0 amide bonds. The number of aromatic nitrogens is 2. The summed E-state index contributed by atoms with van der Waals surface area (Å²) in [5.74, 6) is 0. The molecule has 8 aromatic rings. The van der Waals surface area contributed by atoms with Gasteiger partial charge in [-0.05, 0) is 84.6 Å². The SMILES string of the molecule is Cc1ccc(S(=O)(=O)n2cc(-c3ccccc3)c(-c3ccc(C(F)(F)F)cc3)c2)cc1.Cc1ccc(S(=O)(=O)n2cc(-c3ccccc3)c(-c3ccc(C(F)(F)F)cc3)c2)cc1. The third kappa shape index (κ3) is 9.31. The van der Waals surface area contributed by atoms with Gasteiger partial charge in [-0.1, -0.05) is 120 Å². The fourth-order valence-corrected chi connectivity index (χ4v) is 9.06. The van der Waals surface area contributed by atoms with Gasteiger partial charge in [0.25, 0.3) is 20.0 Å². The Labute approximate surface area is 355 Å². The Morgan fingerprint density at radius 1 is 0.355 bits per heavy atom. The van der Waals surface area contributed by atoms with E-state index in [4.69, 9.17) is 0 Å². The van der Waals surface area contributed by atoms with Crippen LogP contribution in [0.5, 0.6) is 0 Å². The van der Waals surface area contributed by atoms with Crippen LogP contribution in [0.15, 0.2) is 192 Å². The maximum absolute atomic E-state index is 13.2. The molecule has 6 aromatic carbocycles. The predicted octanol–water partition coefficient (Wildman–Crippen LogP) is 12.8. The summed E-state index contributed by atoms with van der Waals surface area (Å²) in [5, 5.41) is 0. The third-order valence-corrected chi connectivity index (χ3v) is 13.3. The lowest BCUT2D eigenvalue weighted by molar-refractivity contribution is -0.138. The molecule has 62 heavy (non-hydrogen) atoms. The van der Waals surface area contributed by atoms with E-state index in [-0.39, 0.29) is 9.79 Å². The Kier molecular flexibility index (Phi) is 11.9. The normalized spacial score (nSPS) is 12.1. The molecule has 0 atom stereocenters. The maximum atomic E-state index is 13.2. The van der Waals surface area contributed by atoms with E-state index in [0.29, 0.717) is 33.4 Å². The van der Waals surface area contributed by atoms with Crippen molar-refractivity contribution < 1.29 is 43.2 Å². The van der Waals surface area contributed by atoms with Crippen LogP contribution in [-0.4, -0.2) is 24.8 Å². The van der Waals surface area contributed by atoms with E-state index < -0.39 is 43.5 Å². The zero-order valence-electron chi connectivity index (χ0n) is 32.9. The zero-order chi connectivity index (χ0) is 44.5. The van der Waals surface area contributed by atoms with E-state index in [2.05, 4.69) is 0 Å². The van der Waals surface area contributed by atoms with E-state index in [0.717, 1.165) is 54.5 Å². The van der Waals surface area contributed by atoms with E-state index in [1.54, 1.807) is 24.3 Å². The van der Waals surface area contributed by atoms with Crippen molar-refractivity contribution in [3.63, 3.8) is 0 Å². The number of rotatable bonds is 8. The standard InChI is InChI=1S/2C24H18F3NO2S/c2*1-17-7-13-21(14-8-17)31(29,30)28-15-22(18-5-3-2-4-6-18)23(16-28)19-9-11-20(12-10-19)24(25,26)27/h2*2-16H,1H3. The largest absolute Gasteiger partial charge is 0.416 e. The van der Waals surface area contributed by atoms with Crippen molar-refractivity contribution in [2.75, 3.05) is 0 Å². The quantitative estimate of drug-likeness (QED) is 0.142. The first-order valence-corrected chi connectivity index (χ1v) is 21.7. The van der Waals surface area contributed by atoms with Crippen LogP contribution in [0.4, 0.5) is 26.3 Å². The first kappa shape index (κ1) is 43.4. The second-order valence-electron chi connectivity index (χ2n) is 14.3. The van der Waals surface area contributed by atoms with Gasteiger partial charge in [-0.15, -0.1) is 0 Å². The monoisotopic (exact) mass is 882 g/mol. The third-order valence-electron chi connectivity index (χ3n) is 10.0. The second-order valence-corrected chi connectivity index (χ2v) is 18.0. The van der Waals surface area contributed by atoms with Crippen molar-refractivity contribution >= 4 is 20.0 Å². The highest BCUT2D eigenvalue weighted by molar-refractivity contribution is 7.90. The zero-order valence-corrected chi connectivity index (χ0v) is 34.6. The maximum Gasteiger partial charge on any atom is 0.416 e. The van der Waals surface area contributed by atoms with Gasteiger partial charge in [-0.25, -0.2) is 24.8 Å². The first-order chi connectivity index (χ1) is 29.3. The molecular formula is C48H36F6N2O4S2. The molecule has 0 aliphatic rings. The summed E-state index contributed by atoms with van der Waals surface area (Å²) in [5.41, 5.74) is 5.11. The van der Waals surface area contributed by atoms with E-state index in [1.807, 2.05) is 74.5 Å². The van der Waals surface area contributed by atoms with Crippen molar-refractivity contribution in [2.45, 2.75) is 36.0 Å². The lowest BCUT2D eigenvalue weighted by Crippen LogP contribution is -2.10. The summed E-state index contributed by atoms with van der Waals surface area (Å²) in [6.45, 7) is 3.73. The van der Waals surface area contributed by atoms with Crippen LogP contribution in [0.25, 0.3) is 44.5 Å². The number of benzene rings is 6. The lowest BCUT2D eigenvalue weighted by atomic mass is 9.98. The van der Waals surface area contributed by atoms with Crippen LogP contribution < -0.4 is 0 Å². The van der Waals surface area contributed by atoms with Gasteiger partial charge in [0.2, 0.25) is 0 Å². The van der Waals surface area contributed by atoms with Gasteiger partial charge in [0.1, 0.15) is 0 Å². The average Bonchev–Trinajstić information content (AvgIpc) is 3.92. The molecule has 0 aliphatic heterocycles. The fourth-order valence-electron chi connectivity index (χ4n) is 6.64. The minimum atomic E-state index is -4.44. The van der Waals surface area contributed by atoms with Crippen molar-refractivity contribution in [1.82, 2.24) is 7.94 Å². The highest BCUT2D eigenvalue weighted by atomic mass is 32.2.